The van der Waals surface area contributed by atoms with Gasteiger partial charge >= 0.3 is 0 Å². The Kier molecular flexibility index (Phi) is 8.64. The van der Waals surface area contributed by atoms with Crippen LogP contribution in [0.2, 0.25) is 0 Å². The summed E-state index contributed by atoms with van der Waals surface area (Å²) in [4.78, 5) is 7.47. The zero-order valence-electron chi connectivity index (χ0n) is 22.4. The van der Waals surface area contributed by atoms with E-state index in [1.807, 2.05) is 22.9 Å². The standard InChI is InChI=1S/C29H40FN5O/c1-6-22(3)34(20-24-9-8-10-27(19-24)36-5)21-28-23(4)31-35(26-13-11-25(30)12-14-26)29(28)33-17-15-32(7-2)16-18-33/h8-14,19,22H,6-7,15-18,20-21H2,1-5H3. The number of rotatable bonds is 10. The van der Waals surface area contributed by atoms with Gasteiger partial charge in [0.1, 0.15) is 17.4 Å². The van der Waals surface area contributed by atoms with E-state index < -0.39 is 0 Å². The van der Waals surface area contributed by atoms with Crippen molar-refractivity contribution >= 4 is 5.82 Å². The molecule has 1 atom stereocenters. The molecule has 4 rings (SSSR count). The number of hydrogen-bond acceptors (Lipinski definition) is 5. The summed E-state index contributed by atoms with van der Waals surface area (Å²) in [6, 6.07) is 15.4. The topological polar surface area (TPSA) is 36.8 Å². The minimum Gasteiger partial charge on any atom is -0.497 e. The van der Waals surface area contributed by atoms with E-state index in [4.69, 9.17) is 9.84 Å². The van der Waals surface area contributed by atoms with Gasteiger partial charge in [0.05, 0.1) is 18.5 Å². The lowest BCUT2D eigenvalue weighted by molar-refractivity contribution is 0.185. The van der Waals surface area contributed by atoms with Crippen molar-refractivity contribution < 1.29 is 9.13 Å². The van der Waals surface area contributed by atoms with Crippen LogP contribution in [0.5, 0.6) is 5.75 Å². The summed E-state index contributed by atoms with van der Waals surface area (Å²) in [5, 5.41) is 4.99. The molecule has 1 saturated heterocycles. The Morgan fingerprint density at radius 3 is 2.39 bits per heavy atom. The zero-order chi connectivity index (χ0) is 25.7. The van der Waals surface area contributed by atoms with E-state index in [-0.39, 0.29) is 5.82 Å². The summed E-state index contributed by atoms with van der Waals surface area (Å²) in [5.41, 5.74) is 4.39. The van der Waals surface area contributed by atoms with Crippen molar-refractivity contribution in [2.45, 2.75) is 53.2 Å². The first-order valence-corrected chi connectivity index (χ1v) is 13.1. The minimum atomic E-state index is -0.234. The van der Waals surface area contributed by atoms with E-state index in [0.29, 0.717) is 6.04 Å². The average molecular weight is 494 g/mol. The number of likely N-dealkylation sites (N-methyl/N-ethyl adjacent to an activating group) is 1. The summed E-state index contributed by atoms with van der Waals surface area (Å²) in [7, 11) is 1.71. The Balaban J connectivity index is 1.71. The molecule has 2 aromatic carbocycles. The van der Waals surface area contributed by atoms with Crippen molar-refractivity contribution in [2.75, 3.05) is 44.7 Å². The normalized spacial score (nSPS) is 15.5. The molecule has 0 N–H and O–H groups in total. The van der Waals surface area contributed by atoms with Crippen molar-refractivity contribution in [3.05, 3.63) is 71.2 Å². The molecule has 1 fully saturated rings. The van der Waals surface area contributed by atoms with Crippen molar-refractivity contribution in [2.24, 2.45) is 0 Å². The molecule has 0 saturated carbocycles. The van der Waals surface area contributed by atoms with Gasteiger partial charge in [-0.05, 0) is 68.8 Å². The van der Waals surface area contributed by atoms with E-state index in [1.165, 1.54) is 23.3 Å². The molecule has 1 aliphatic heterocycles. The molecule has 1 unspecified atom stereocenters. The van der Waals surface area contributed by atoms with Crippen LogP contribution in [-0.2, 0) is 13.1 Å². The Morgan fingerprint density at radius 2 is 1.75 bits per heavy atom. The van der Waals surface area contributed by atoms with Gasteiger partial charge in [0.25, 0.3) is 0 Å². The van der Waals surface area contributed by atoms with Gasteiger partial charge in [0, 0.05) is 50.9 Å². The number of nitrogens with zero attached hydrogens (tertiary/aromatic N) is 5. The first kappa shape index (κ1) is 26.2. The summed E-state index contributed by atoms with van der Waals surface area (Å²) in [6.07, 6.45) is 1.06. The molecule has 0 amide bonds. The van der Waals surface area contributed by atoms with E-state index >= 15 is 0 Å². The lowest BCUT2D eigenvalue weighted by Crippen LogP contribution is -2.47. The molecule has 3 aromatic rings. The second kappa shape index (κ2) is 11.9. The summed E-state index contributed by atoms with van der Waals surface area (Å²) in [5.74, 6) is 1.78. The van der Waals surface area contributed by atoms with Gasteiger partial charge in [-0.2, -0.15) is 5.10 Å². The molecular weight excluding hydrogens is 453 g/mol. The number of hydrogen-bond donors (Lipinski definition) is 0. The van der Waals surface area contributed by atoms with Crippen molar-refractivity contribution in [3.63, 3.8) is 0 Å². The maximum Gasteiger partial charge on any atom is 0.137 e. The third-order valence-electron chi connectivity index (χ3n) is 7.44. The van der Waals surface area contributed by atoms with Crippen LogP contribution >= 0.6 is 0 Å². The van der Waals surface area contributed by atoms with Crippen molar-refractivity contribution in [3.8, 4) is 11.4 Å². The second-order valence-corrected chi connectivity index (χ2v) is 9.71. The molecule has 1 aliphatic rings. The smallest absolute Gasteiger partial charge is 0.137 e. The third-order valence-corrected chi connectivity index (χ3v) is 7.44. The van der Waals surface area contributed by atoms with Crippen LogP contribution in [0.3, 0.4) is 0 Å². The Bertz CT molecular complexity index is 1120. The highest BCUT2D eigenvalue weighted by atomic mass is 19.1. The molecule has 0 spiro atoms. The van der Waals surface area contributed by atoms with Crippen molar-refractivity contribution in [1.29, 1.82) is 0 Å². The zero-order valence-corrected chi connectivity index (χ0v) is 22.4. The molecular formula is C29H40FN5O. The molecule has 0 aliphatic carbocycles. The van der Waals surface area contributed by atoms with Crippen LogP contribution < -0.4 is 9.64 Å². The highest BCUT2D eigenvalue weighted by molar-refractivity contribution is 5.56. The predicted molar refractivity (Wildman–Crippen MR) is 145 cm³/mol. The van der Waals surface area contributed by atoms with Gasteiger partial charge in [-0.15, -0.1) is 0 Å². The van der Waals surface area contributed by atoms with Crippen LogP contribution in [0.25, 0.3) is 5.69 Å². The fourth-order valence-electron chi connectivity index (χ4n) is 4.93. The van der Waals surface area contributed by atoms with E-state index in [1.54, 1.807) is 7.11 Å². The number of ether oxygens (including phenoxy) is 1. The molecule has 36 heavy (non-hydrogen) atoms. The summed E-state index contributed by atoms with van der Waals surface area (Å²) < 4.78 is 21.2. The average Bonchev–Trinajstić information content (AvgIpc) is 3.23. The van der Waals surface area contributed by atoms with E-state index in [9.17, 15) is 4.39 Å². The molecule has 0 bridgehead atoms. The molecule has 6 nitrogen and oxygen atoms in total. The van der Waals surface area contributed by atoms with Gasteiger partial charge in [0.15, 0.2) is 0 Å². The van der Waals surface area contributed by atoms with Gasteiger partial charge in [-0.1, -0.05) is 26.0 Å². The largest absolute Gasteiger partial charge is 0.497 e. The molecule has 2 heterocycles. The number of anilines is 1. The quantitative estimate of drug-likeness (QED) is 0.385. The highest BCUT2D eigenvalue weighted by Crippen LogP contribution is 2.31. The maximum atomic E-state index is 13.7. The fourth-order valence-corrected chi connectivity index (χ4v) is 4.93. The van der Waals surface area contributed by atoms with Gasteiger partial charge in [-0.25, -0.2) is 9.07 Å². The predicted octanol–water partition coefficient (Wildman–Crippen LogP) is 5.27. The van der Waals surface area contributed by atoms with Crippen molar-refractivity contribution in [1.82, 2.24) is 19.6 Å². The second-order valence-electron chi connectivity index (χ2n) is 9.71. The highest BCUT2D eigenvalue weighted by Gasteiger charge is 2.27. The van der Waals surface area contributed by atoms with Gasteiger partial charge in [0.2, 0.25) is 0 Å². The first-order chi connectivity index (χ1) is 17.4. The number of halogens is 1. The lowest BCUT2D eigenvalue weighted by atomic mass is 10.1. The molecule has 1 aromatic heterocycles. The third kappa shape index (κ3) is 5.90. The minimum absolute atomic E-state index is 0.234. The molecule has 0 radical (unpaired) electrons. The fraction of sp³-hybridized carbons (Fsp3) is 0.483. The number of methoxy groups -OCH3 is 1. The molecule has 7 heteroatoms. The SMILES string of the molecule is CCC(C)N(Cc1cccc(OC)c1)Cc1c(C)nn(-c2ccc(F)cc2)c1N1CCN(CC)CC1. The van der Waals surface area contributed by atoms with Crippen LogP contribution in [0, 0.1) is 12.7 Å². The summed E-state index contributed by atoms with van der Waals surface area (Å²) in [6.45, 7) is 15.5. The van der Waals surface area contributed by atoms with Crippen LogP contribution in [0.15, 0.2) is 48.5 Å². The monoisotopic (exact) mass is 493 g/mol. The summed E-state index contributed by atoms with van der Waals surface area (Å²) >= 11 is 0. The van der Waals surface area contributed by atoms with E-state index in [2.05, 4.69) is 60.6 Å². The lowest BCUT2D eigenvalue weighted by Gasteiger charge is -2.37. The molecule has 194 valence electrons. The number of aromatic nitrogens is 2. The maximum absolute atomic E-state index is 13.7. The Morgan fingerprint density at radius 1 is 1.03 bits per heavy atom. The van der Waals surface area contributed by atoms with Gasteiger partial charge < -0.3 is 14.5 Å². The van der Waals surface area contributed by atoms with E-state index in [0.717, 1.165) is 75.2 Å². The number of aryl methyl sites for hydroxylation is 1. The Labute approximate surface area is 215 Å². The van der Waals surface area contributed by atoms with Crippen LogP contribution in [0.1, 0.15) is 44.0 Å². The Hall–Kier alpha value is -2.90. The van der Waals surface area contributed by atoms with Gasteiger partial charge in [-0.3, -0.25) is 4.90 Å². The van der Waals surface area contributed by atoms with Crippen LogP contribution in [-0.4, -0.2) is 65.5 Å². The number of piperazine rings is 1. The first-order valence-electron chi connectivity index (χ1n) is 13.1. The number of benzene rings is 2. The van der Waals surface area contributed by atoms with Crippen LogP contribution in [0.4, 0.5) is 10.2 Å².